The molecule has 3 N–H and O–H groups in total. The molecule has 6 rings (SSSR count). The Bertz CT molecular complexity index is 1430. The van der Waals surface area contributed by atoms with Crippen molar-refractivity contribution in [3.63, 3.8) is 0 Å². The molecular formula is C33H42N4O4. The molecule has 8 heteroatoms. The molecule has 3 aromatic rings. The van der Waals surface area contributed by atoms with Gasteiger partial charge in [-0.3, -0.25) is 19.1 Å². The zero-order chi connectivity index (χ0) is 28.6. The third-order valence-electron chi connectivity index (χ3n) is 8.97. The number of anilines is 1. The van der Waals surface area contributed by atoms with E-state index in [0.717, 1.165) is 105 Å². The molecule has 1 saturated heterocycles. The molecule has 0 bridgehead atoms. The number of carbonyl (C=O) groups is 2. The Kier molecular flexibility index (Phi) is 7.90. The van der Waals surface area contributed by atoms with Gasteiger partial charge in [0.25, 0.3) is 5.91 Å². The number of rotatable bonds is 8. The van der Waals surface area contributed by atoms with Gasteiger partial charge in [-0.1, -0.05) is 38.1 Å². The number of primary amides is 1. The summed E-state index contributed by atoms with van der Waals surface area (Å²) in [6.45, 7) is 9.61. The highest BCUT2D eigenvalue weighted by Crippen LogP contribution is 2.43. The maximum absolute atomic E-state index is 13.3. The molecule has 218 valence electrons. The predicted molar refractivity (Wildman–Crippen MR) is 161 cm³/mol. The molecule has 0 atom stereocenters. The summed E-state index contributed by atoms with van der Waals surface area (Å²) in [4.78, 5) is 28.1. The zero-order valence-corrected chi connectivity index (χ0v) is 24.3. The van der Waals surface area contributed by atoms with Gasteiger partial charge in [-0.15, -0.1) is 0 Å². The van der Waals surface area contributed by atoms with Crippen molar-refractivity contribution in [1.29, 1.82) is 0 Å². The summed E-state index contributed by atoms with van der Waals surface area (Å²) in [6.07, 6.45) is 5.51. The van der Waals surface area contributed by atoms with E-state index in [4.69, 9.17) is 15.2 Å². The predicted octanol–water partition coefficient (Wildman–Crippen LogP) is 5.09. The summed E-state index contributed by atoms with van der Waals surface area (Å²) >= 11 is 0. The average molecular weight is 559 g/mol. The minimum absolute atomic E-state index is 0.118. The van der Waals surface area contributed by atoms with Gasteiger partial charge in [-0.05, 0) is 61.3 Å². The molecule has 2 aliphatic heterocycles. The highest BCUT2D eigenvalue weighted by Gasteiger charge is 2.35. The smallest absolute Gasteiger partial charge is 0.250 e. The molecule has 3 heterocycles. The number of carbonyl (C=O) groups excluding carboxylic acids is 2. The Morgan fingerprint density at radius 2 is 1.83 bits per heavy atom. The first kappa shape index (κ1) is 27.9. The number of fused-ring (bicyclic) bond motifs is 3. The summed E-state index contributed by atoms with van der Waals surface area (Å²) in [5.74, 6) is -0.311. The molecule has 0 unspecified atom stereocenters. The number of morpholine rings is 1. The van der Waals surface area contributed by atoms with Crippen molar-refractivity contribution in [1.82, 2.24) is 9.47 Å². The van der Waals surface area contributed by atoms with E-state index in [0.29, 0.717) is 12.0 Å². The molecule has 2 aromatic carbocycles. The number of aromatic nitrogens is 1. The van der Waals surface area contributed by atoms with Gasteiger partial charge >= 0.3 is 0 Å². The molecular weight excluding hydrogens is 516 g/mol. The van der Waals surface area contributed by atoms with Crippen LogP contribution in [0.5, 0.6) is 0 Å². The van der Waals surface area contributed by atoms with Gasteiger partial charge in [-0.25, -0.2) is 0 Å². The summed E-state index contributed by atoms with van der Waals surface area (Å²) < 4.78 is 13.6. The van der Waals surface area contributed by atoms with Crippen LogP contribution in [0.4, 0.5) is 5.69 Å². The molecule has 1 amide bonds. The number of nitrogens with two attached hydrogens (primary N) is 1. The average Bonchev–Trinajstić information content (AvgIpc) is 3.27. The molecule has 2 fully saturated rings. The van der Waals surface area contributed by atoms with E-state index >= 15 is 0 Å². The van der Waals surface area contributed by atoms with Crippen molar-refractivity contribution in [2.24, 2.45) is 11.1 Å². The second kappa shape index (κ2) is 11.6. The SMILES string of the molecule is CC1(C)CC(=O)n2c(c(-c3ccc(C(N)=O)c(NC4CCC(OCCN5CCOCC5)CC4)c3)c3ccccc32)C1. The highest BCUT2D eigenvalue weighted by molar-refractivity contribution is 6.06. The van der Waals surface area contributed by atoms with Crippen LogP contribution in [0.3, 0.4) is 0 Å². The van der Waals surface area contributed by atoms with Gasteiger partial charge in [0, 0.05) is 54.4 Å². The maximum Gasteiger partial charge on any atom is 0.250 e. The number of para-hydroxylation sites is 1. The lowest BCUT2D eigenvalue weighted by molar-refractivity contribution is -0.00919. The van der Waals surface area contributed by atoms with Crippen LogP contribution in [-0.2, 0) is 15.9 Å². The number of nitrogens with one attached hydrogen (secondary N) is 1. The number of amides is 1. The Morgan fingerprint density at radius 3 is 2.59 bits per heavy atom. The Balaban J connectivity index is 1.21. The fourth-order valence-corrected chi connectivity index (χ4v) is 6.87. The molecule has 8 nitrogen and oxygen atoms in total. The van der Waals surface area contributed by atoms with Crippen LogP contribution in [-0.4, -0.2) is 72.9 Å². The molecule has 1 aromatic heterocycles. The van der Waals surface area contributed by atoms with Crippen molar-refractivity contribution in [3.8, 4) is 11.1 Å². The molecule has 1 aliphatic carbocycles. The van der Waals surface area contributed by atoms with Crippen molar-refractivity contribution < 1.29 is 19.1 Å². The summed E-state index contributed by atoms with van der Waals surface area (Å²) in [7, 11) is 0. The van der Waals surface area contributed by atoms with Crippen LogP contribution in [0.25, 0.3) is 22.0 Å². The van der Waals surface area contributed by atoms with Crippen molar-refractivity contribution in [2.45, 2.75) is 64.5 Å². The van der Waals surface area contributed by atoms with Gasteiger partial charge in [-0.2, -0.15) is 0 Å². The van der Waals surface area contributed by atoms with E-state index in [-0.39, 0.29) is 23.5 Å². The number of hydrogen-bond acceptors (Lipinski definition) is 6. The van der Waals surface area contributed by atoms with E-state index in [1.54, 1.807) is 0 Å². The Morgan fingerprint density at radius 1 is 1.07 bits per heavy atom. The summed E-state index contributed by atoms with van der Waals surface area (Å²) in [5.41, 5.74) is 11.0. The van der Waals surface area contributed by atoms with E-state index in [1.807, 2.05) is 34.9 Å². The van der Waals surface area contributed by atoms with Crippen molar-refractivity contribution in [2.75, 3.05) is 44.8 Å². The fourth-order valence-electron chi connectivity index (χ4n) is 6.87. The molecule has 1 saturated carbocycles. The Labute approximate surface area is 242 Å². The van der Waals surface area contributed by atoms with Crippen LogP contribution >= 0.6 is 0 Å². The van der Waals surface area contributed by atoms with E-state index in [9.17, 15) is 9.59 Å². The second-order valence-electron chi connectivity index (χ2n) is 12.7. The third-order valence-corrected chi connectivity index (χ3v) is 8.97. The van der Waals surface area contributed by atoms with Gasteiger partial charge in [0.1, 0.15) is 0 Å². The Hall–Kier alpha value is -3.20. The van der Waals surface area contributed by atoms with Crippen molar-refractivity contribution in [3.05, 3.63) is 53.7 Å². The third kappa shape index (κ3) is 5.92. The number of nitrogens with zero attached hydrogens (tertiary/aromatic N) is 2. The zero-order valence-electron chi connectivity index (χ0n) is 24.3. The summed E-state index contributed by atoms with van der Waals surface area (Å²) in [6, 6.07) is 14.2. The standard InChI is InChI=1S/C33H42N4O4/c1-33(2)20-29-31(26-5-3-4-6-28(26)37(29)30(38)21-33)22-7-12-25(32(34)39)27(19-22)35-23-8-10-24(11-9-23)41-18-15-36-13-16-40-17-14-36/h3-7,12,19,23-24,35H,8-11,13-18,20-21H2,1-2H3,(H2,34,39). The first-order chi connectivity index (χ1) is 19.8. The van der Waals surface area contributed by atoms with E-state index in [1.165, 1.54) is 0 Å². The van der Waals surface area contributed by atoms with Gasteiger partial charge in [0.2, 0.25) is 5.91 Å². The van der Waals surface area contributed by atoms with E-state index in [2.05, 4.69) is 36.2 Å². The van der Waals surface area contributed by atoms with Crippen LogP contribution in [0.2, 0.25) is 0 Å². The minimum Gasteiger partial charge on any atom is -0.382 e. The number of ether oxygens (including phenoxy) is 2. The highest BCUT2D eigenvalue weighted by atomic mass is 16.5. The second-order valence-corrected chi connectivity index (χ2v) is 12.7. The first-order valence-corrected chi connectivity index (χ1v) is 15.1. The lowest BCUT2D eigenvalue weighted by atomic mass is 9.80. The summed E-state index contributed by atoms with van der Waals surface area (Å²) in [5, 5.41) is 4.72. The van der Waals surface area contributed by atoms with Crippen molar-refractivity contribution >= 4 is 28.4 Å². The van der Waals surface area contributed by atoms with Gasteiger partial charge < -0.3 is 20.5 Å². The lowest BCUT2D eigenvalue weighted by Crippen LogP contribution is -2.39. The molecule has 0 spiro atoms. The van der Waals surface area contributed by atoms with Crippen LogP contribution in [0, 0.1) is 5.41 Å². The van der Waals surface area contributed by atoms with Gasteiger partial charge in [0.15, 0.2) is 0 Å². The fraction of sp³-hybridized carbons (Fsp3) is 0.515. The van der Waals surface area contributed by atoms with E-state index < -0.39 is 5.91 Å². The number of hydrogen-bond donors (Lipinski definition) is 2. The number of benzene rings is 2. The molecule has 0 radical (unpaired) electrons. The minimum atomic E-state index is -0.445. The quantitative estimate of drug-likeness (QED) is 0.400. The topological polar surface area (TPSA) is 98.8 Å². The largest absolute Gasteiger partial charge is 0.382 e. The molecule has 41 heavy (non-hydrogen) atoms. The normalized spacial score (nSPS) is 22.9. The maximum atomic E-state index is 13.3. The van der Waals surface area contributed by atoms with Crippen LogP contribution in [0.1, 0.15) is 66.8 Å². The first-order valence-electron chi connectivity index (χ1n) is 15.1. The van der Waals surface area contributed by atoms with Crippen LogP contribution < -0.4 is 11.1 Å². The van der Waals surface area contributed by atoms with Gasteiger partial charge in [0.05, 0.1) is 37.0 Å². The monoisotopic (exact) mass is 558 g/mol. The van der Waals surface area contributed by atoms with Crippen LogP contribution in [0.15, 0.2) is 42.5 Å². The lowest BCUT2D eigenvalue weighted by Gasteiger charge is -2.32. The molecule has 3 aliphatic rings.